The summed E-state index contributed by atoms with van der Waals surface area (Å²) in [5.41, 5.74) is 1.29. The fourth-order valence-electron chi connectivity index (χ4n) is 2.31. The summed E-state index contributed by atoms with van der Waals surface area (Å²) in [6, 6.07) is 12.3. The third kappa shape index (κ3) is 3.64. The van der Waals surface area contributed by atoms with Crippen molar-refractivity contribution >= 4 is 22.4 Å². The molecule has 0 saturated carbocycles. The fourth-order valence-corrected chi connectivity index (χ4v) is 3.16. The highest BCUT2D eigenvalue weighted by molar-refractivity contribution is 7.14. The summed E-state index contributed by atoms with van der Waals surface area (Å²) in [6.07, 6.45) is 1.51. The number of aromatic nitrogens is 1. The van der Waals surface area contributed by atoms with Gasteiger partial charge in [0.25, 0.3) is 5.91 Å². The van der Waals surface area contributed by atoms with E-state index in [-0.39, 0.29) is 12.1 Å². The first-order valence-electron chi connectivity index (χ1n) is 7.49. The summed E-state index contributed by atoms with van der Waals surface area (Å²) in [7, 11) is 0. The van der Waals surface area contributed by atoms with Crippen LogP contribution in [-0.2, 0) is 0 Å². The SMILES string of the molecule is C=CCN(C(=O)c1cc(F)ccc1F)c1nc(-c2ccccc2)cs1. The van der Waals surface area contributed by atoms with Gasteiger partial charge in [-0.3, -0.25) is 9.69 Å². The Balaban J connectivity index is 1.96. The molecule has 2 aromatic carbocycles. The number of rotatable bonds is 5. The summed E-state index contributed by atoms with van der Waals surface area (Å²) >= 11 is 1.26. The lowest BCUT2D eigenvalue weighted by molar-refractivity contribution is 0.0985. The zero-order chi connectivity index (χ0) is 17.8. The van der Waals surface area contributed by atoms with Crippen LogP contribution in [0.25, 0.3) is 11.3 Å². The van der Waals surface area contributed by atoms with Crippen molar-refractivity contribution in [1.29, 1.82) is 0 Å². The molecule has 0 atom stereocenters. The van der Waals surface area contributed by atoms with Gasteiger partial charge in [0.2, 0.25) is 0 Å². The van der Waals surface area contributed by atoms with Crippen molar-refractivity contribution in [2.24, 2.45) is 0 Å². The van der Waals surface area contributed by atoms with Crippen molar-refractivity contribution in [2.75, 3.05) is 11.4 Å². The third-order valence-electron chi connectivity index (χ3n) is 3.51. The normalized spacial score (nSPS) is 10.5. The van der Waals surface area contributed by atoms with Gasteiger partial charge in [-0.2, -0.15) is 0 Å². The van der Waals surface area contributed by atoms with E-state index in [0.717, 1.165) is 23.8 Å². The van der Waals surface area contributed by atoms with Gasteiger partial charge in [0, 0.05) is 17.5 Å². The van der Waals surface area contributed by atoms with Gasteiger partial charge in [-0.1, -0.05) is 36.4 Å². The molecule has 3 rings (SSSR count). The number of benzene rings is 2. The van der Waals surface area contributed by atoms with Crippen LogP contribution in [0.1, 0.15) is 10.4 Å². The van der Waals surface area contributed by atoms with Crippen LogP contribution in [0.3, 0.4) is 0 Å². The van der Waals surface area contributed by atoms with Gasteiger partial charge in [-0.15, -0.1) is 17.9 Å². The van der Waals surface area contributed by atoms with Crippen molar-refractivity contribution in [1.82, 2.24) is 4.98 Å². The van der Waals surface area contributed by atoms with Crippen LogP contribution in [0.5, 0.6) is 0 Å². The predicted octanol–water partition coefficient (Wildman–Crippen LogP) is 4.92. The molecule has 0 aliphatic rings. The second kappa shape index (κ2) is 7.36. The van der Waals surface area contributed by atoms with Crippen LogP contribution < -0.4 is 4.90 Å². The second-order valence-corrected chi connectivity index (χ2v) is 6.05. The Bertz CT molecular complexity index is 909. The van der Waals surface area contributed by atoms with Gasteiger partial charge in [0.05, 0.1) is 11.3 Å². The van der Waals surface area contributed by atoms with E-state index in [1.54, 1.807) is 0 Å². The Labute approximate surface area is 147 Å². The molecule has 126 valence electrons. The molecule has 3 aromatic rings. The standard InChI is InChI=1S/C19H14F2N2OS/c1-2-10-23(18(24)15-11-14(20)8-9-16(15)21)19-22-17(12-25-19)13-6-4-3-5-7-13/h2-9,11-12H,1,10H2. The Morgan fingerprint density at radius 1 is 1.20 bits per heavy atom. The van der Waals surface area contributed by atoms with Crippen molar-refractivity contribution in [3.05, 3.63) is 83.8 Å². The van der Waals surface area contributed by atoms with Gasteiger partial charge < -0.3 is 0 Å². The van der Waals surface area contributed by atoms with E-state index in [1.807, 2.05) is 35.7 Å². The molecule has 1 aromatic heterocycles. The highest BCUT2D eigenvalue weighted by Crippen LogP contribution is 2.28. The smallest absolute Gasteiger partial charge is 0.263 e. The first-order chi connectivity index (χ1) is 12.1. The van der Waals surface area contributed by atoms with Crippen molar-refractivity contribution < 1.29 is 13.6 Å². The molecule has 0 spiro atoms. The van der Waals surface area contributed by atoms with Gasteiger partial charge >= 0.3 is 0 Å². The minimum absolute atomic E-state index is 0.135. The molecule has 25 heavy (non-hydrogen) atoms. The molecule has 0 unspecified atom stereocenters. The molecule has 6 heteroatoms. The van der Waals surface area contributed by atoms with Crippen LogP contribution in [-0.4, -0.2) is 17.4 Å². The van der Waals surface area contributed by atoms with E-state index in [0.29, 0.717) is 10.8 Å². The number of halogens is 2. The highest BCUT2D eigenvalue weighted by atomic mass is 32.1. The number of carbonyl (C=O) groups is 1. The maximum atomic E-state index is 13.9. The van der Waals surface area contributed by atoms with Crippen LogP contribution in [0.15, 0.2) is 66.6 Å². The molecule has 1 amide bonds. The Morgan fingerprint density at radius 2 is 1.96 bits per heavy atom. The minimum Gasteiger partial charge on any atom is -0.280 e. The lowest BCUT2D eigenvalue weighted by Gasteiger charge is -2.18. The van der Waals surface area contributed by atoms with Crippen LogP contribution >= 0.6 is 11.3 Å². The molecular weight excluding hydrogens is 342 g/mol. The largest absolute Gasteiger partial charge is 0.280 e. The predicted molar refractivity (Wildman–Crippen MR) is 95.8 cm³/mol. The van der Waals surface area contributed by atoms with Crippen LogP contribution in [0, 0.1) is 11.6 Å². The summed E-state index contributed by atoms with van der Waals surface area (Å²) in [6.45, 7) is 3.76. The Hall–Kier alpha value is -2.86. The van der Waals surface area contributed by atoms with Gasteiger partial charge in [-0.25, -0.2) is 13.8 Å². The number of carbonyl (C=O) groups excluding carboxylic acids is 1. The summed E-state index contributed by atoms with van der Waals surface area (Å²) in [5.74, 6) is -2.11. The average molecular weight is 356 g/mol. The lowest BCUT2D eigenvalue weighted by atomic mass is 10.2. The van der Waals surface area contributed by atoms with Gasteiger partial charge in [0.1, 0.15) is 11.6 Å². The summed E-state index contributed by atoms with van der Waals surface area (Å²) in [4.78, 5) is 18.4. The summed E-state index contributed by atoms with van der Waals surface area (Å²) < 4.78 is 27.4. The first kappa shape index (κ1) is 17.0. The third-order valence-corrected chi connectivity index (χ3v) is 4.37. The van der Waals surface area contributed by atoms with Crippen molar-refractivity contribution in [3.8, 4) is 11.3 Å². The molecule has 3 nitrogen and oxygen atoms in total. The molecule has 0 radical (unpaired) electrons. The van der Waals surface area contributed by atoms with E-state index in [9.17, 15) is 13.6 Å². The van der Waals surface area contributed by atoms with E-state index in [1.165, 1.54) is 22.3 Å². The van der Waals surface area contributed by atoms with E-state index in [4.69, 9.17) is 0 Å². The van der Waals surface area contributed by atoms with Crippen molar-refractivity contribution in [3.63, 3.8) is 0 Å². The second-order valence-electron chi connectivity index (χ2n) is 5.21. The monoisotopic (exact) mass is 356 g/mol. The Kier molecular flexibility index (Phi) is 5.00. The Morgan fingerprint density at radius 3 is 2.68 bits per heavy atom. The molecule has 0 bridgehead atoms. The zero-order valence-electron chi connectivity index (χ0n) is 13.2. The molecule has 0 aliphatic carbocycles. The highest BCUT2D eigenvalue weighted by Gasteiger charge is 2.23. The van der Waals surface area contributed by atoms with Gasteiger partial charge in [-0.05, 0) is 18.2 Å². The molecule has 0 fully saturated rings. The lowest BCUT2D eigenvalue weighted by Crippen LogP contribution is -2.31. The quantitative estimate of drug-likeness (QED) is 0.608. The topological polar surface area (TPSA) is 33.2 Å². The van der Waals surface area contributed by atoms with E-state index < -0.39 is 17.5 Å². The number of thiazole rings is 1. The number of anilines is 1. The van der Waals surface area contributed by atoms with Crippen molar-refractivity contribution in [2.45, 2.75) is 0 Å². The molecule has 0 aliphatic heterocycles. The fraction of sp³-hybridized carbons (Fsp3) is 0.0526. The van der Waals surface area contributed by atoms with E-state index in [2.05, 4.69) is 11.6 Å². The van der Waals surface area contributed by atoms with Crippen LogP contribution in [0.2, 0.25) is 0 Å². The number of amides is 1. The molecule has 0 saturated heterocycles. The molecular formula is C19H14F2N2OS. The van der Waals surface area contributed by atoms with Crippen LogP contribution in [0.4, 0.5) is 13.9 Å². The first-order valence-corrected chi connectivity index (χ1v) is 8.37. The summed E-state index contributed by atoms with van der Waals surface area (Å²) in [5, 5.41) is 2.21. The molecule has 0 N–H and O–H groups in total. The van der Waals surface area contributed by atoms with Gasteiger partial charge in [0.15, 0.2) is 5.13 Å². The number of nitrogens with zero attached hydrogens (tertiary/aromatic N) is 2. The zero-order valence-corrected chi connectivity index (χ0v) is 14.0. The molecule has 1 heterocycles. The average Bonchev–Trinajstić information content (AvgIpc) is 3.11. The maximum absolute atomic E-state index is 13.9. The van der Waals surface area contributed by atoms with E-state index >= 15 is 0 Å². The maximum Gasteiger partial charge on any atom is 0.263 e. The number of hydrogen-bond donors (Lipinski definition) is 0. The number of hydrogen-bond acceptors (Lipinski definition) is 3. The minimum atomic E-state index is -0.777.